The predicted octanol–water partition coefficient (Wildman–Crippen LogP) is 3.51. The molecule has 6 rings (SSSR count). The van der Waals surface area contributed by atoms with E-state index in [0.717, 1.165) is 31.2 Å². The first kappa shape index (κ1) is 25.2. The van der Waals surface area contributed by atoms with Crippen molar-refractivity contribution in [1.29, 1.82) is 0 Å². The molecular weight excluding hydrogens is 528 g/mol. The van der Waals surface area contributed by atoms with Gasteiger partial charge in [-0.05, 0) is 43.9 Å². The maximum absolute atomic E-state index is 14.3. The number of primary amides is 1. The third-order valence-electron chi connectivity index (χ3n) is 7.69. The molecule has 2 aliphatic heterocycles. The average Bonchev–Trinajstić information content (AvgIpc) is 3.42. The molecule has 2 saturated heterocycles. The first-order valence-electron chi connectivity index (χ1n) is 12.4. The van der Waals surface area contributed by atoms with Gasteiger partial charge in [0.1, 0.15) is 22.3 Å². The average molecular weight is 554 g/mol. The molecule has 0 spiro atoms. The zero-order valence-electron chi connectivity index (χ0n) is 20.9. The van der Waals surface area contributed by atoms with Crippen LogP contribution in [-0.2, 0) is 9.84 Å². The van der Waals surface area contributed by atoms with Crippen LogP contribution in [0.1, 0.15) is 37.3 Å². The number of halogens is 2. The highest BCUT2D eigenvalue weighted by molar-refractivity contribution is 7.91. The SMILES string of the molecule is CS(=O)(=O)c1c(C2CC3CCC(C2)N3C(N)=O)nc2c(-c3ccc(-c4ccc(F)cc4F)nc3)cnn2c1N. The second-order valence-corrected chi connectivity index (χ2v) is 12.1. The van der Waals surface area contributed by atoms with Crippen molar-refractivity contribution in [2.24, 2.45) is 5.73 Å². The van der Waals surface area contributed by atoms with Crippen LogP contribution in [0, 0.1) is 11.6 Å². The van der Waals surface area contributed by atoms with Crippen molar-refractivity contribution in [3.05, 3.63) is 60.1 Å². The van der Waals surface area contributed by atoms with Crippen molar-refractivity contribution in [3.63, 3.8) is 0 Å². The summed E-state index contributed by atoms with van der Waals surface area (Å²) in [7, 11) is -3.78. The number of nitrogen functional groups attached to an aromatic ring is 1. The molecular formula is C26H25F2N7O3S. The largest absolute Gasteiger partial charge is 0.382 e. The summed E-state index contributed by atoms with van der Waals surface area (Å²) in [5.74, 6) is -1.71. The summed E-state index contributed by atoms with van der Waals surface area (Å²) >= 11 is 0. The molecule has 5 heterocycles. The van der Waals surface area contributed by atoms with E-state index in [2.05, 4.69) is 10.1 Å². The molecule has 2 aliphatic rings. The third-order valence-corrected chi connectivity index (χ3v) is 8.85. The van der Waals surface area contributed by atoms with Crippen molar-refractivity contribution >= 4 is 27.3 Å². The normalized spacial score (nSPS) is 21.0. The van der Waals surface area contributed by atoms with Crippen LogP contribution in [0.2, 0.25) is 0 Å². The number of carbonyl (C=O) groups is 1. The summed E-state index contributed by atoms with van der Waals surface area (Å²) in [5, 5.41) is 4.30. The monoisotopic (exact) mass is 553 g/mol. The zero-order valence-corrected chi connectivity index (χ0v) is 21.7. The van der Waals surface area contributed by atoms with Gasteiger partial charge < -0.3 is 16.4 Å². The molecule has 13 heteroatoms. The van der Waals surface area contributed by atoms with E-state index in [-0.39, 0.29) is 34.3 Å². The summed E-state index contributed by atoms with van der Waals surface area (Å²) in [6.07, 6.45) is 6.75. The molecule has 2 bridgehead atoms. The van der Waals surface area contributed by atoms with E-state index >= 15 is 0 Å². The number of nitrogens with two attached hydrogens (primary N) is 2. The number of pyridine rings is 1. The van der Waals surface area contributed by atoms with Gasteiger partial charge in [-0.1, -0.05) is 6.07 Å². The van der Waals surface area contributed by atoms with Gasteiger partial charge in [0.2, 0.25) is 0 Å². The lowest BCUT2D eigenvalue weighted by atomic mass is 9.88. The number of nitrogens with zero attached hydrogens (tertiary/aromatic N) is 5. The second-order valence-electron chi connectivity index (χ2n) is 10.1. The molecule has 0 saturated carbocycles. The Morgan fingerprint density at radius 3 is 2.36 bits per heavy atom. The predicted molar refractivity (Wildman–Crippen MR) is 139 cm³/mol. The molecule has 202 valence electrons. The van der Waals surface area contributed by atoms with Gasteiger partial charge in [0.05, 0.1) is 17.6 Å². The van der Waals surface area contributed by atoms with E-state index in [1.807, 2.05) is 0 Å². The number of hydrogen-bond donors (Lipinski definition) is 2. The summed E-state index contributed by atoms with van der Waals surface area (Å²) < 4.78 is 54.7. The quantitative estimate of drug-likeness (QED) is 0.393. The zero-order chi connectivity index (χ0) is 27.6. The Kier molecular flexibility index (Phi) is 5.79. The Hall–Kier alpha value is -4.13. The van der Waals surface area contributed by atoms with Gasteiger partial charge in [-0.15, -0.1) is 0 Å². The molecule has 4 N–H and O–H groups in total. The minimum Gasteiger partial charge on any atom is -0.382 e. The van der Waals surface area contributed by atoms with Gasteiger partial charge in [-0.2, -0.15) is 9.61 Å². The molecule has 2 fully saturated rings. The van der Waals surface area contributed by atoms with Crippen LogP contribution in [0.4, 0.5) is 19.4 Å². The Labute approximate surface area is 222 Å². The summed E-state index contributed by atoms with van der Waals surface area (Å²) in [5.41, 5.74) is 14.3. The van der Waals surface area contributed by atoms with Crippen LogP contribution in [-0.4, -0.2) is 57.3 Å². The van der Waals surface area contributed by atoms with E-state index in [1.54, 1.807) is 17.0 Å². The van der Waals surface area contributed by atoms with E-state index in [1.165, 1.54) is 23.0 Å². The lowest BCUT2D eigenvalue weighted by Crippen LogP contribution is -2.48. The van der Waals surface area contributed by atoms with Crippen molar-refractivity contribution in [1.82, 2.24) is 24.5 Å². The van der Waals surface area contributed by atoms with Crippen molar-refractivity contribution < 1.29 is 22.0 Å². The van der Waals surface area contributed by atoms with E-state index in [4.69, 9.17) is 16.5 Å². The molecule has 1 aromatic carbocycles. The summed E-state index contributed by atoms with van der Waals surface area (Å²) in [6.45, 7) is 0. The number of anilines is 1. The Morgan fingerprint density at radius 2 is 1.77 bits per heavy atom. The van der Waals surface area contributed by atoms with Crippen molar-refractivity contribution in [2.45, 2.75) is 48.6 Å². The van der Waals surface area contributed by atoms with Crippen molar-refractivity contribution in [3.8, 4) is 22.4 Å². The summed E-state index contributed by atoms with van der Waals surface area (Å²) in [6, 6.07) is 5.92. The Balaban J connectivity index is 1.44. The standard InChI is InChI=1S/C26H25F2N7O3S/c1-39(37,38)23-22(14-8-16-4-5-17(9-14)34(16)26(30)36)33-25-19(12-32-35(25)24(23)29)13-2-7-21(31-11-13)18-6-3-15(27)10-20(18)28/h2-3,6-7,10-12,14,16-17H,4-5,8-9,29H2,1H3,(H2,30,36). The molecule has 39 heavy (non-hydrogen) atoms. The lowest BCUT2D eigenvalue weighted by molar-refractivity contribution is 0.144. The minimum atomic E-state index is -3.78. The van der Waals surface area contributed by atoms with Gasteiger partial charge in [0, 0.05) is 53.2 Å². The second kappa shape index (κ2) is 8.97. The third kappa shape index (κ3) is 4.17. The first-order chi connectivity index (χ1) is 18.5. The number of rotatable bonds is 4. The minimum absolute atomic E-state index is 0.0496. The van der Waals surface area contributed by atoms with E-state index in [9.17, 15) is 22.0 Å². The molecule has 2 unspecified atom stereocenters. The fraction of sp³-hybridized carbons (Fsp3) is 0.308. The number of piperidine rings is 1. The lowest BCUT2D eigenvalue weighted by Gasteiger charge is -2.38. The van der Waals surface area contributed by atoms with E-state index < -0.39 is 27.5 Å². The number of urea groups is 1. The fourth-order valence-electron chi connectivity index (χ4n) is 6.05. The highest BCUT2D eigenvalue weighted by atomic mass is 32.2. The molecule has 10 nitrogen and oxygen atoms in total. The maximum atomic E-state index is 14.3. The fourth-order valence-corrected chi connectivity index (χ4v) is 7.11. The summed E-state index contributed by atoms with van der Waals surface area (Å²) in [4.78, 5) is 22.8. The van der Waals surface area contributed by atoms with Crippen LogP contribution in [0.15, 0.2) is 47.6 Å². The maximum Gasteiger partial charge on any atom is 0.315 e. The van der Waals surface area contributed by atoms with Gasteiger partial charge in [-0.25, -0.2) is 27.0 Å². The number of carbonyl (C=O) groups excluding carboxylic acids is 1. The number of fused-ring (bicyclic) bond motifs is 3. The number of hydrogen-bond acceptors (Lipinski definition) is 7. The Bertz CT molecular complexity index is 1730. The molecule has 4 aromatic rings. The molecule has 3 aromatic heterocycles. The van der Waals surface area contributed by atoms with Gasteiger partial charge >= 0.3 is 6.03 Å². The number of sulfone groups is 1. The van der Waals surface area contributed by atoms with Crippen LogP contribution in [0.5, 0.6) is 0 Å². The van der Waals surface area contributed by atoms with E-state index in [0.29, 0.717) is 41.0 Å². The molecule has 2 atom stereocenters. The number of benzene rings is 1. The smallest absolute Gasteiger partial charge is 0.315 e. The highest BCUT2D eigenvalue weighted by Gasteiger charge is 2.44. The number of amides is 2. The van der Waals surface area contributed by atoms with Gasteiger partial charge in [0.15, 0.2) is 15.5 Å². The Morgan fingerprint density at radius 1 is 1.05 bits per heavy atom. The molecule has 2 amide bonds. The van der Waals surface area contributed by atoms with Gasteiger partial charge in [0.25, 0.3) is 0 Å². The van der Waals surface area contributed by atoms with Crippen molar-refractivity contribution in [2.75, 3.05) is 12.0 Å². The van der Waals surface area contributed by atoms with Crippen LogP contribution < -0.4 is 11.5 Å². The van der Waals surface area contributed by atoms with Crippen LogP contribution >= 0.6 is 0 Å². The van der Waals surface area contributed by atoms with Crippen LogP contribution in [0.3, 0.4) is 0 Å². The highest BCUT2D eigenvalue weighted by Crippen LogP contribution is 2.45. The molecule has 0 aliphatic carbocycles. The van der Waals surface area contributed by atoms with Crippen LogP contribution in [0.25, 0.3) is 28.0 Å². The number of aromatic nitrogens is 4. The first-order valence-corrected chi connectivity index (χ1v) is 14.3. The molecule has 0 radical (unpaired) electrons. The topological polar surface area (TPSA) is 150 Å². The van der Waals surface area contributed by atoms with Gasteiger partial charge in [-0.3, -0.25) is 4.98 Å².